The quantitative estimate of drug-likeness (QED) is 0.790. The number of carbonyl (C=O) groups excluding carboxylic acids is 1. The van der Waals surface area contributed by atoms with Crippen LogP contribution in [0.15, 0.2) is 18.2 Å². The number of amides is 1. The van der Waals surface area contributed by atoms with E-state index in [1.165, 1.54) is 0 Å². The third-order valence-corrected chi connectivity index (χ3v) is 3.75. The first-order valence-corrected chi connectivity index (χ1v) is 6.67. The van der Waals surface area contributed by atoms with Gasteiger partial charge in [0, 0.05) is 18.8 Å². The van der Waals surface area contributed by atoms with Crippen LogP contribution in [0.1, 0.15) is 24.0 Å². The maximum absolute atomic E-state index is 12.1. The van der Waals surface area contributed by atoms with Gasteiger partial charge in [0.05, 0.1) is 0 Å². The summed E-state index contributed by atoms with van der Waals surface area (Å²) in [6.45, 7) is 5.78. The zero-order valence-electron chi connectivity index (χ0n) is 10.8. The minimum atomic E-state index is -0.163. The molecule has 0 aliphatic carbocycles. The van der Waals surface area contributed by atoms with Gasteiger partial charge in [0.2, 0.25) is 0 Å². The molecular formula is C14H18N2OS. The number of likely N-dealkylation sites (tertiary alicyclic amines) is 1. The van der Waals surface area contributed by atoms with Crippen molar-refractivity contribution in [2.45, 2.75) is 26.7 Å². The second-order valence-electron chi connectivity index (χ2n) is 4.72. The summed E-state index contributed by atoms with van der Waals surface area (Å²) >= 11 is 5.24. The predicted octanol–water partition coefficient (Wildman–Crippen LogP) is 2.67. The van der Waals surface area contributed by atoms with Crippen LogP contribution in [0.4, 0.5) is 5.69 Å². The van der Waals surface area contributed by atoms with Gasteiger partial charge in [-0.25, -0.2) is 0 Å². The third kappa shape index (κ3) is 2.70. The zero-order chi connectivity index (χ0) is 13.1. The van der Waals surface area contributed by atoms with Crippen LogP contribution in [0.25, 0.3) is 0 Å². The molecule has 1 aromatic carbocycles. The number of hydrogen-bond donors (Lipinski definition) is 1. The number of rotatable bonds is 1. The molecule has 1 N–H and O–H groups in total. The molecule has 0 aromatic heterocycles. The molecule has 0 bridgehead atoms. The number of aryl methyl sites for hydroxylation is 2. The van der Waals surface area contributed by atoms with Gasteiger partial charge in [-0.1, -0.05) is 30.4 Å². The Hall–Kier alpha value is -1.42. The van der Waals surface area contributed by atoms with E-state index in [9.17, 15) is 4.79 Å². The highest BCUT2D eigenvalue weighted by atomic mass is 32.1. The third-order valence-electron chi connectivity index (χ3n) is 3.31. The molecule has 18 heavy (non-hydrogen) atoms. The summed E-state index contributed by atoms with van der Waals surface area (Å²) in [7, 11) is 0. The van der Waals surface area contributed by atoms with E-state index >= 15 is 0 Å². The molecule has 0 radical (unpaired) electrons. The van der Waals surface area contributed by atoms with Crippen LogP contribution in [0.2, 0.25) is 0 Å². The van der Waals surface area contributed by atoms with Gasteiger partial charge in [-0.05, 0) is 37.8 Å². The molecule has 0 atom stereocenters. The van der Waals surface area contributed by atoms with Crippen molar-refractivity contribution in [2.75, 3.05) is 18.4 Å². The van der Waals surface area contributed by atoms with Crippen molar-refractivity contribution in [1.82, 2.24) is 4.90 Å². The van der Waals surface area contributed by atoms with E-state index in [-0.39, 0.29) is 5.91 Å². The van der Waals surface area contributed by atoms with Gasteiger partial charge in [0.15, 0.2) is 4.99 Å². The summed E-state index contributed by atoms with van der Waals surface area (Å²) in [6, 6.07) is 5.96. The van der Waals surface area contributed by atoms with E-state index in [0.29, 0.717) is 4.99 Å². The fourth-order valence-electron chi connectivity index (χ4n) is 2.24. The van der Waals surface area contributed by atoms with Crippen LogP contribution in [0.5, 0.6) is 0 Å². The average Bonchev–Trinajstić information content (AvgIpc) is 2.86. The first-order chi connectivity index (χ1) is 8.59. The lowest BCUT2D eigenvalue weighted by molar-refractivity contribution is -0.110. The van der Waals surface area contributed by atoms with Crippen LogP contribution < -0.4 is 5.32 Å². The smallest absolute Gasteiger partial charge is 0.283 e. The predicted molar refractivity (Wildman–Crippen MR) is 78.0 cm³/mol. The highest BCUT2D eigenvalue weighted by Gasteiger charge is 2.21. The van der Waals surface area contributed by atoms with Crippen molar-refractivity contribution in [3.05, 3.63) is 29.3 Å². The van der Waals surface area contributed by atoms with E-state index in [4.69, 9.17) is 12.2 Å². The maximum Gasteiger partial charge on any atom is 0.283 e. The molecular weight excluding hydrogens is 244 g/mol. The first kappa shape index (κ1) is 13.0. The van der Waals surface area contributed by atoms with Crippen LogP contribution in [0.3, 0.4) is 0 Å². The lowest BCUT2D eigenvalue weighted by Crippen LogP contribution is -2.36. The highest BCUT2D eigenvalue weighted by molar-refractivity contribution is 7.82. The van der Waals surface area contributed by atoms with Crippen molar-refractivity contribution in [1.29, 1.82) is 0 Å². The number of thiocarbonyl (C=S) groups is 1. The molecule has 1 fully saturated rings. The van der Waals surface area contributed by atoms with Crippen molar-refractivity contribution in [2.24, 2.45) is 0 Å². The Labute approximate surface area is 113 Å². The van der Waals surface area contributed by atoms with Gasteiger partial charge in [-0.3, -0.25) is 4.79 Å². The molecule has 0 spiro atoms. The summed E-state index contributed by atoms with van der Waals surface area (Å²) in [6.07, 6.45) is 2.24. The number of hydrogen-bond acceptors (Lipinski definition) is 2. The minimum absolute atomic E-state index is 0.163. The Morgan fingerprint density at radius 2 is 1.78 bits per heavy atom. The van der Waals surface area contributed by atoms with Crippen molar-refractivity contribution in [3.63, 3.8) is 0 Å². The molecule has 0 unspecified atom stereocenters. The van der Waals surface area contributed by atoms with E-state index in [1.54, 1.807) is 0 Å². The fraction of sp³-hybridized carbons (Fsp3) is 0.429. The second-order valence-corrected chi connectivity index (χ2v) is 5.11. The van der Waals surface area contributed by atoms with Crippen molar-refractivity contribution in [3.8, 4) is 0 Å². The lowest BCUT2D eigenvalue weighted by atomic mass is 10.1. The molecule has 1 amide bonds. The molecule has 96 valence electrons. The van der Waals surface area contributed by atoms with Crippen molar-refractivity contribution >= 4 is 28.8 Å². The normalized spacial score (nSPS) is 14.7. The van der Waals surface area contributed by atoms with E-state index in [0.717, 1.165) is 42.7 Å². The summed E-state index contributed by atoms with van der Waals surface area (Å²) in [4.78, 5) is 14.5. The topological polar surface area (TPSA) is 32.3 Å². The van der Waals surface area contributed by atoms with E-state index in [1.807, 2.05) is 36.9 Å². The zero-order valence-corrected chi connectivity index (χ0v) is 11.6. The molecule has 4 heteroatoms. The molecule has 1 aromatic rings. The summed E-state index contributed by atoms with van der Waals surface area (Å²) in [5, 5.41) is 2.93. The number of nitrogens with one attached hydrogen (secondary N) is 1. The molecule has 3 nitrogen and oxygen atoms in total. The number of anilines is 1. The first-order valence-electron chi connectivity index (χ1n) is 6.26. The highest BCUT2D eigenvalue weighted by Crippen LogP contribution is 2.20. The van der Waals surface area contributed by atoms with E-state index < -0.39 is 0 Å². The second kappa shape index (κ2) is 5.48. The van der Waals surface area contributed by atoms with Gasteiger partial charge >= 0.3 is 0 Å². The Morgan fingerprint density at radius 1 is 1.22 bits per heavy atom. The SMILES string of the molecule is Cc1cccc(C)c1NC(=O)C(=S)N1CCCC1. The Morgan fingerprint density at radius 3 is 2.33 bits per heavy atom. The van der Waals surface area contributed by atoms with Crippen LogP contribution in [-0.4, -0.2) is 28.9 Å². The molecule has 1 aliphatic heterocycles. The summed E-state index contributed by atoms with van der Waals surface area (Å²) in [5.41, 5.74) is 3.00. The Bertz CT molecular complexity index is 458. The largest absolute Gasteiger partial charge is 0.358 e. The van der Waals surface area contributed by atoms with Gasteiger partial charge < -0.3 is 10.2 Å². The van der Waals surface area contributed by atoms with Crippen LogP contribution in [-0.2, 0) is 4.79 Å². The molecule has 1 heterocycles. The summed E-state index contributed by atoms with van der Waals surface area (Å²) in [5.74, 6) is -0.163. The van der Waals surface area contributed by atoms with E-state index in [2.05, 4.69) is 5.32 Å². The van der Waals surface area contributed by atoms with Gasteiger partial charge in [-0.15, -0.1) is 0 Å². The number of carbonyl (C=O) groups is 1. The minimum Gasteiger partial charge on any atom is -0.358 e. The number of para-hydroxylation sites is 1. The maximum atomic E-state index is 12.1. The number of nitrogens with zero attached hydrogens (tertiary/aromatic N) is 1. The Kier molecular flexibility index (Phi) is 3.97. The van der Waals surface area contributed by atoms with Crippen LogP contribution in [0, 0.1) is 13.8 Å². The molecule has 1 saturated heterocycles. The number of benzene rings is 1. The average molecular weight is 262 g/mol. The lowest BCUT2D eigenvalue weighted by Gasteiger charge is -2.19. The molecule has 1 aliphatic rings. The molecule has 2 rings (SSSR count). The summed E-state index contributed by atoms with van der Waals surface area (Å²) < 4.78 is 0. The Balaban J connectivity index is 2.09. The van der Waals surface area contributed by atoms with Gasteiger partial charge in [0.1, 0.15) is 0 Å². The fourth-order valence-corrected chi connectivity index (χ4v) is 2.48. The molecule has 0 saturated carbocycles. The van der Waals surface area contributed by atoms with Crippen LogP contribution >= 0.6 is 12.2 Å². The van der Waals surface area contributed by atoms with Gasteiger partial charge in [-0.2, -0.15) is 0 Å². The van der Waals surface area contributed by atoms with Crippen molar-refractivity contribution < 1.29 is 4.79 Å². The monoisotopic (exact) mass is 262 g/mol. The standard InChI is InChI=1S/C14H18N2OS/c1-10-6-5-7-11(2)12(10)15-13(17)14(18)16-8-3-4-9-16/h5-7H,3-4,8-9H2,1-2H3,(H,15,17). The van der Waals surface area contributed by atoms with Gasteiger partial charge in [0.25, 0.3) is 5.91 Å².